The number of amides is 1. The molecule has 1 heterocycles. The topological polar surface area (TPSA) is 68.0 Å². The van der Waals surface area contributed by atoms with Crippen LogP contribution in [0.3, 0.4) is 0 Å². The van der Waals surface area contributed by atoms with E-state index in [9.17, 15) is 4.79 Å². The van der Waals surface area contributed by atoms with Crippen LogP contribution in [0.2, 0.25) is 0 Å². The third-order valence-electron chi connectivity index (χ3n) is 3.32. The van der Waals surface area contributed by atoms with Gasteiger partial charge >= 0.3 is 0 Å². The first-order valence-electron chi connectivity index (χ1n) is 6.12. The number of thiazole rings is 1. The van der Waals surface area contributed by atoms with Crippen LogP contribution in [0.25, 0.3) is 0 Å². The van der Waals surface area contributed by atoms with Crippen LogP contribution < -0.4 is 11.1 Å². The van der Waals surface area contributed by atoms with Crippen molar-refractivity contribution in [1.82, 2.24) is 4.98 Å². The van der Waals surface area contributed by atoms with Gasteiger partial charge in [-0.05, 0) is 39.0 Å². The SMILES string of the molecule is CCC(C)(N)C(=O)Nc1nc2c(s1)CCCC2. The van der Waals surface area contributed by atoms with Gasteiger partial charge in [0.15, 0.2) is 5.13 Å². The highest BCUT2D eigenvalue weighted by Gasteiger charge is 2.27. The average molecular weight is 253 g/mol. The second-order valence-corrected chi connectivity index (χ2v) is 5.90. The van der Waals surface area contributed by atoms with Gasteiger partial charge in [0.1, 0.15) is 0 Å². The standard InChI is InChI=1S/C12H19N3OS/c1-3-12(2,13)10(16)15-11-14-8-6-4-5-7-9(8)17-11/h3-7,13H2,1-2H3,(H,14,15,16). The number of nitrogens with zero attached hydrogens (tertiary/aromatic N) is 1. The molecule has 5 heteroatoms. The van der Waals surface area contributed by atoms with Gasteiger partial charge in [0.2, 0.25) is 5.91 Å². The van der Waals surface area contributed by atoms with Crippen molar-refractivity contribution >= 4 is 22.4 Å². The predicted octanol–water partition coefficient (Wildman–Crippen LogP) is 2.09. The minimum atomic E-state index is -0.813. The first-order chi connectivity index (χ1) is 8.03. The molecule has 17 heavy (non-hydrogen) atoms. The maximum absolute atomic E-state index is 11.9. The molecular weight excluding hydrogens is 234 g/mol. The molecule has 0 saturated heterocycles. The van der Waals surface area contributed by atoms with Crippen LogP contribution in [0, 0.1) is 0 Å². The average Bonchev–Trinajstić information content (AvgIpc) is 2.70. The van der Waals surface area contributed by atoms with Crippen LogP contribution in [0.1, 0.15) is 43.7 Å². The number of aromatic nitrogens is 1. The summed E-state index contributed by atoms with van der Waals surface area (Å²) in [5.74, 6) is -0.147. The zero-order chi connectivity index (χ0) is 12.5. The maximum atomic E-state index is 11.9. The molecule has 2 rings (SSSR count). The summed E-state index contributed by atoms with van der Waals surface area (Å²) >= 11 is 1.59. The molecule has 4 nitrogen and oxygen atoms in total. The van der Waals surface area contributed by atoms with Gasteiger partial charge in [-0.15, -0.1) is 11.3 Å². The van der Waals surface area contributed by atoms with Gasteiger partial charge in [0.25, 0.3) is 0 Å². The molecule has 1 aromatic rings. The van der Waals surface area contributed by atoms with E-state index in [1.165, 1.54) is 17.7 Å². The maximum Gasteiger partial charge on any atom is 0.245 e. The fourth-order valence-electron chi connectivity index (χ4n) is 1.81. The van der Waals surface area contributed by atoms with Gasteiger partial charge < -0.3 is 11.1 Å². The lowest BCUT2D eigenvalue weighted by Crippen LogP contribution is -2.47. The van der Waals surface area contributed by atoms with Gasteiger partial charge in [-0.1, -0.05) is 6.92 Å². The van der Waals surface area contributed by atoms with Gasteiger partial charge in [-0.25, -0.2) is 4.98 Å². The van der Waals surface area contributed by atoms with Crippen LogP contribution in [-0.2, 0) is 17.6 Å². The Bertz CT molecular complexity index is 402. The van der Waals surface area contributed by atoms with Crippen molar-refractivity contribution in [2.45, 2.75) is 51.5 Å². The lowest BCUT2D eigenvalue weighted by atomic mass is 10.00. The number of anilines is 1. The Morgan fingerprint density at radius 3 is 2.88 bits per heavy atom. The number of aryl methyl sites for hydroxylation is 2. The molecular formula is C12H19N3OS. The van der Waals surface area contributed by atoms with E-state index in [-0.39, 0.29) is 5.91 Å². The van der Waals surface area contributed by atoms with Gasteiger partial charge in [0, 0.05) is 4.88 Å². The number of carbonyl (C=O) groups is 1. The number of fused-ring (bicyclic) bond motifs is 1. The molecule has 1 aromatic heterocycles. The molecule has 0 fully saturated rings. The number of carbonyl (C=O) groups excluding carboxylic acids is 1. The molecule has 0 spiro atoms. The summed E-state index contributed by atoms with van der Waals surface area (Å²) in [6.45, 7) is 3.66. The molecule has 1 unspecified atom stereocenters. The summed E-state index contributed by atoms with van der Waals surface area (Å²) in [5.41, 5.74) is 6.24. The summed E-state index contributed by atoms with van der Waals surface area (Å²) in [7, 11) is 0. The lowest BCUT2D eigenvalue weighted by molar-refractivity contribution is -0.120. The van der Waals surface area contributed by atoms with Crippen molar-refractivity contribution < 1.29 is 4.79 Å². The summed E-state index contributed by atoms with van der Waals surface area (Å²) in [4.78, 5) is 17.7. The first-order valence-corrected chi connectivity index (χ1v) is 6.93. The highest BCUT2D eigenvalue weighted by molar-refractivity contribution is 7.15. The monoisotopic (exact) mass is 253 g/mol. The van der Waals surface area contributed by atoms with Crippen molar-refractivity contribution in [1.29, 1.82) is 0 Å². The highest BCUT2D eigenvalue weighted by atomic mass is 32.1. The molecule has 1 atom stereocenters. The fraction of sp³-hybridized carbons (Fsp3) is 0.667. The second-order valence-electron chi connectivity index (χ2n) is 4.82. The highest BCUT2D eigenvalue weighted by Crippen LogP contribution is 2.29. The normalized spacial score (nSPS) is 18.3. The molecule has 3 N–H and O–H groups in total. The van der Waals surface area contributed by atoms with E-state index in [4.69, 9.17) is 5.73 Å². The minimum absolute atomic E-state index is 0.147. The summed E-state index contributed by atoms with van der Waals surface area (Å²) in [6, 6.07) is 0. The lowest BCUT2D eigenvalue weighted by Gasteiger charge is -2.20. The molecule has 0 radical (unpaired) electrons. The van der Waals surface area contributed by atoms with Crippen molar-refractivity contribution in [3.05, 3.63) is 10.6 Å². The van der Waals surface area contributed by atoms with Gasteiger partial charge in [-0.3, -0.25) is 4.79 Å². The number of hydrogen-bond acceptors (Lipinski definition) is 4. The van der Waals surface area contributed by atoms with Gasteiger partial charge in [0.05, 0.1) is 11.2 Å². The Balaban J connectivity index is 2.09. The summed E-state index contributed by atoms with van der Waals surface area (Å²) in [5, 5.41) is 3.53. The van der Waals surface area contributed by atoms with E-state index in [1.807, 2.05) is 6.92 Å². The summed E-state index contributed by atoms with van der Waals surface area (Å²) in [6.07, 6.45) is 5.18. The number of hydrogen-bond donors (Lipinski definition) is 2. The van der Waals surface area contributed by atoms with Crippen LogP contribution in [-0.4, -0.2) is 16.4 Å². The number of nitrogens with one attached hydrogen (secondary N) is 1. The Hall–Kier alpha value is -0.940. The fourth-order valence-corrected chi connectivity index (χ4v) is 2.85. The predicted molar refractivity (Wildman–Crippen MR) is 70.3 cm³/mol. The molecule has 1 aliphatic carbocycles. The van der Waals surface area contributed by atoms with E-state index < -0.39 is 5.54 Å². The van der Waals surface area contributed by atoms with Crippen LogP contribution in [0.15, 0.2) is 0 Å². The zero-order valence-electron chi connectivity index (χ0n) is 10.4. The Morgan fingerprint density at radius 2 is 2.24 bits per heavy atom. The first kappa shape index (κ1) is 12.5. The Kier molecular flexibility index (Phi) is 3.49. The Morgan fingerprint density at radius 1 is 1.53 bits per heavy atom. The van der Waals surface area contributed by atoms with Crippen molar-refractivity contribution in [3.63, 3.8) is 0 Å². The smallest absolute Gasteiger partial charge is 0.245 e. The summed E-state index contributed by atoms with van der Waals surface area (Å²) < 4.78 is 0. The molecule has 1 aliphatic rings. The zero-order valence-corrected chi connectivity index (χ0v) is 11.2. The van der Waals surface area contributed by atoms with E-state index in [0.717, 1.165) is 18.5 Å². The van der Waals surface area contributed by atoms with Crippen molar-refractivity contribution in [3.8, 4) is 0 Å². The molecule has 94 valence electrons. The van der Waals surface area contributed by atoms with Gasteiger partial charge in [-0.2, -0.15) is 0 Å². The largest absolute Gasteiger partial charge is 0.318 e. The van der Waals surface area contributed by atoms with Crippen molar-refractivity contribution in [2.24, 2.45) is 5.73 Å². The van der Waals surface area contributed by atoms with Crippen LogP contribution >= 0.6 is 11.3 Å². The Labute approximate surface area is 106 Å². The van der Waals surface area contributed by atoms with E-state index in [2.05, 4.69) is 10.3 Å². The molecule has 0 saturated carbocycles. The molecule has 0 aliphatic heterocycles. The molecule has 1 amide bonds. The van der Waals surface area contributed by atoms with Crippen molar-refractivity contribution in [2.75, 3.05) is 5.32 Å². The quantitative estimate of drug-likeness (QED) is 0.866. The number of rotatable bonds is 3. The minimum Gasteiger partial charge on any atom is -0.318 e. The third kappa shape index (κ3) is 2.66. The third-order valence-corrected chi connectivity index (χ3v) is 4.39. The number of nitrogens with two attached hydrogens (primary N) is 1. The second kappa shape index (κ2) is 4.74. The van der Waals surface area contributed by atoms with Crippen LogP contribution in [0.4, 0.5) is 5.13 Å². The van der Waals surface area contributed by atoms with E-state index >= 15 is 0 Å². The van der Waals surface area contributed by atoms with E-state index in [0.29, 0.717) is 11.6 Å². The van der Waals surface area contributed by atoms with Crippen LogP contribution in [0.5, 0.6) is 0 Å². The van der Waals surface area contributed by atoms with E-state index in [1.54, 1.807) is 18.3 Å². The molecule has 0 aromatic carbocycles. The molecule has 0 bridgehead atoms.